The van der Waals surface area contributed by atoms with Crippen LogP contribution in [0.1, 0.15) is 17.7 Å². The van der Waals surface area contributed by atoms with Crippen molar-refractivity contribution in [2.24, 2.45) is 0 Å². The maximum Gasteiger partial charge on any atom is 0.293 e. The predicted molar refractivity (Wildman–Crippen MR) is 80.9 cm³/mol. The number of hydrogen-bond acceptors (Lipinski definition) is 4. The first-order valence-corrected chi connectivity index (χ1v) is 7.14. The SMILES string of the molecule is Cc1[nH]ncc1CCCNc1cc(F)c(Br)cc1[N+](=O)[O-]. The van der Waals surface area contributed by atoms with Gasteiger partial charge in [-0.1, -0.05) is 0 Å². The molecule has 0 radical (unpaired) electrons. The second-order valence-corrected chi connectivity index (χ2v) is 5.45. The number of nitro groups is 1. The van der Waals surface area contributed by atoms with Gasteiger partial charge in [0.25, 0.3) is 5.69 Å². The average molecular weight is 357 g/mol. The van der Waals surface area contributed by atoms with Crippen LogP contribution in [0.3, 0.4) is 0 Å². The van der Waals surface area contributed by atoms with E-state index in [1.165, 1.54) is 0 Å². The Morgan fingerprint density at radius 2 is 2.29 bits per heavy atom. The molecule has 1 aromatic heterocycles. The molecule has 0 aliphatic heterocycles. The van der Waals surface area contributed by atoms with E-state index in [9.17, 15) is 14.5 Å². The van der Waals surface area contributed by atoms with Crippen molar-refractivity contribution >= 4 is 27.3 Å². The van der Waals surface area contributed by atoms with Crippen molar-refractivity contribution in [2.45, 2.75) is 19.8 Å². The molecule has 0 aliphatic rings. The maximum atomic E-state index is 13.5. The summed E-state index contributed by atoms with van der Waals surface area (Å²) in [6.45, 7) is 2.44. The summed E-state index contributed by atoms with van der Waals surface area (Å²) < 4.78 is 13.6. The van der Waals surface area contributed by atoms with Gasteiger partial charge in [-0.25, -0.2) is 4.39 Å². The third-order valence-corrected chi connectivity index (χ3v) is 3.72. The van der Waals surface area contributed by atoms with Crippen LogP contribution in [-0.4, -0.2) is 21.7 Å². The monoisotopic (exact) mass is 356 g/mol. The van der Waals surface area contributed by atoms with Crippen LogP contribution >= 0.6 is 15.9 Å². The molecule has 1 aromatic carbocycles. The minimum absolute atomic E-state index is 0.0776. The van der Waals surface area contributed by atoms with Gasteiger partial charge in [-0.3, -0.25) is 15.2 Å². The van der Waals surface area contributed by atoms with Crippen LogP contribution in [0, 0.1) is 22.9 Å². The highest BCUT2D eigenvalue weighted by Crippen LogP contribution is 2.30. The van der Waals surface area contributed by atoms with Crippen LogP contribution in [0.15, 0.2) is 22.8 Å². The number of rotatable bonds is 6. The molecule has 2 rings (SSSR count). The Kier molecular flexibility index (Phi) is 4.89. The molecule has 0 spiro atoms. The Morgan fingerprint density at radius 3 is 2.90 bits per heavy atom. The van der Waals surface area contributed by atoms with Crippen LogP contribution in [0.5, 0.6) is 0 Å². The number of nitro benzene ring substituents is 1. The number of benzene rings is 1. The highest BCUT2D eigenvalue weighted by molar-refractivity contribution is 9.10. The lowest BCUT2D eigenvalue weighted by Gasteiger charge is -2.08. The van der Waals surface area contributed by atoms with E-state index in [-0.39, 0.29) is 15.8 Å². The zero-order chi connectivity index (χ0) is 15.4. The van der Waals surface area contributed by atoms with E-state index in [4.69, 9.17) is 0 Å². The maximum absolute atomic E-state index is 13.5. The fourth-order valence-corrected chi connectivity index (χ4v) is 2.29. The normalized spacial score (nSPS) is 10.6. The number of nitrogens with zero attached hydrogens (tertiary/aromatic N) is 2. The first-order chi connectivity index (χ1) is 9.99. The van der Waals surface area contributed by atoms with Crippen LogP contribution < -0.4 is 5.32 Å². The Hall–Kier alpha value is -1.96. The third-order valence-electron chi connectivity index (χ3n) is 3.11. The van der Waals surface area contributed by atoms with Crippen LogP contribution in [0.4, 0.5) is 15.8 Å². The minimum atomic E-state index is -0.535. The largest absolute Gasteiger partial charge is 0.379 e. The van der Waals surface area contributed by atoms with E-state index in [1.54, 1.807) is 6.20 Å². The number of aromatic nitrogens is 2. The second-order valence-electron chi connectivity index (χ2n) is 4.59. The summed E-state index contributed by atoms with van der Waals surface area (Å²) in [6.07, 6.45) is 3.31. The van der Waals surface area contributed by atoms with Gasteiger partial charge in [-0.2, -0.15) is 5.10 Å². The van der Waals surface area contributed by atoms with Gasteiger partial charge in [0.2, 0.25) is 0 Å². The second kappa shape index (κ2) is 6.66. The fourth-order valence-electron chi connectivity index (χ4n) is 1.96. The quantitative estimate of drug-likeness (QED) is 0.470. The summed E-state index contributed by atoms with van der Waals surface area (Å²) in [5.41, 5.74) is 2.15. The molecule has 112 valence electrons. The number of halogens is 2. The van der Waals surface area contributed by atoms with Gasteiger partial charge in [0.1, 0.15) is 11.5 Å². The van der Waals surface area contributed by atoms with Gasteiger partial charge in [0.05, 0.1) is 15.6 Å². The number of anilines is 1. The smallest absolute Gasteiger partial charge is 0.293 e. The van der Waals surface area contributed by atoms with Crippen molar-refractivity contribution in [3.8, 4) is 0 Å². The zero-order valence-electron chi connectivity index (χ0n) is 11.3. The lowest BCUT2D eigenvalue weighted by Crippen LogP contribution is -2.06. The molecule has 0 saturated carbocycles. The van der Waals surface area contributed by atoms with Crippen molar-refractivity contribution in [2.75, 3.05) is 11.9 Å². The molecule has 21 heavy (non-hydrogen) atoms. The van der Waals surface area contributed by atoms with E-state index < -0.39 is 10.7 Å². The molecular weight excluding hydrogens is 343 g/mol. The summed E-state index contributed by atoms with van der Waals surface area (Å²) in [5.74, 6) is -0.534. The topological polar surface area (TPSA) is 83.8 Å². The molecule has 2 aromatic rings. The Morgan fingerprint density at radius 1 is 1.52 bits per heavy atom. The summed E-state index contributed by atoms with van der Waals surface area (Å²) in [7, 11) is 0. The van der Waals surface area contributed by atoms with Crippen LogP contribution in [0.25, 0.3) is 0 Å². The van der Waals surface area contributed by atoms with Crippen LogP contribution in [-0.2, 0) is 6.42 Å². The third kappa shape index (κ3) is 3.78. The Balaban J connectivity index is 1.98. The van der Waals surface area contributed by atoms with Crippen molar-refractivity contribution in [1.29, 1.82) is 0 Å². The summed E-state index contributed by atoms with van der Waals surface area (Å²) in [5, 5.41) is 20.6. The van der Waals surface area contributed by atoms with Crippen molar-refractivity contribution in [3.05, 3.63) is 50.0 Å². The highest BCUT2D eigenvalue weighted by Gasteiger charge is 2.17. The van der Waals surface area contributed by atoms with Gasteiger partial charge in [-0.15, -0.1) is 0 Å². The molecule has 0 atom stereocenters. The molecule has 2 N–H and O–H groups in total. The predicted octanol–water partition coefficient (Wildman–Crippen LogP) is 3.57. The van der Waals surface area contributed by atoms with Crippen molar-refractivity contribution in [3.63, 3.8) is 0 Å². The van der Waals surface area contributed by atoms with Crippen LogP contribution in [0.2, 0.25) is 0 Å². The first-order valence-electron chi connectivity index (χ1n) is 6.35. The molecule has 0 fully saturated rings. The van der Waals surface area contributed by atoms with Crippen molar-refractivity contribution in [1.82, 2.24) is 10.2 Å². The molecule has 0 bridgehead atoms. The van der Waals surface area contributed by atoms with Crippen molar-refractivity contribution < 1.29 is 9.31 Å². The minimum Gasteiger partial charge on any atom is -0.379 e. The lowest BCUT2D eigenvalue weighted by molar-refractivity contribution is -0.384. The van der Waals surface area contributed by atoms with Gasteiger partial charge in [0, 0.05) is 24.4 Å². The van der Waals surface area contributed by atoms with E-state index in [1.807, 2.05) is 6.92 Å². The summed E-state index contributed by atoms with van der Waals surface area (Å²) in [6, 6.07) is 2.29. The number of hydrogen-bond donors (Lipinski definition) is 2. The molecule has 1 heterocycles. The van der Waals surface area contributed by atoms with Gasteiger partial charge >= 0.3 is 0 Å². The molecular formula is C13H14BrFN4O2. The molecule has 6 nitrogen and oxygen atoms in total. The zero-order valence-corrected chi connectivity index (χ0v) is 12.9. The van der Waals surface area contributed by atoms with Gasteiger partial charge in [-0.05, 0) is 41.3 Å². The van der Waals surface area contributed by atoms with E-state index in [0.29, 0.717) is 6.54 Å². The molecule has 0 aliphatic carbocycles. The molecule has 0 saturated heterocycles. The lowest BCUT2D eigenvalue weighted by atomic mass is 10.1. The Labute approximate surface area is 129 Å². The van der Waals surface area contributed by atoms with E-state index in [0.717, 1.165) is 36.2 Å². The molecule has 0 unspecified atom stereocenters. The first kappa shape index (κ1) is 15.4. The van der Waals surface area contributed by atoms with E-state index >= 15 is 0 Å². The van der Waals surface area contributed by atoms with Gasteiger partial charge < -0.3 is 5.32 Å². The number of nitrogens with one attached hydrogen (secondary N) is 2. The summed E-state index contributed by atoms with van der Waals surface area (Å²) >= 11 is 2.95. The van der Waals surface area contributed by atoms with E-state index in [2.05, 4.69) is 31.4 Å². The number of H-pyrrole nitrogens is 1. The van der Waals surface area contributed by atoms with Gasteiger partial charge in [0.15, 0.2) is 0 Å². The Bertz CT molecular complexity index is 660. The average Bonchev–Trinajstić information content (AvgIpc) is 2.83. The number of aryl methyl sites for hydroxylation is 2. The number of aromatic amines is 1. The molecule has 8 heteroatoms. The fraction of sp³-hybridized carbons (Fsp3) is 0.308. The standard InChI is InChI=1S/C13H14BrFN4O2/c1-8-9(7-17-18-8)3-2-4-16-12-6-11(15)10(14)5-13(12)19(20)21/h5-7,16H,2-4H2,1H3,(H,17,18). The molecule has 0 amide bonds. The summed E-state index contributed by atoms with van der Waals surface area (Å²) in [4.78, 5) is 10.4. The highest BCUT2D eigenvalue weighted by atomic mass is 79.9.